The third-order valence-corrected chi connectivity index (χ3v) is 4.26. The second-order valence-electron chi connectivity index (χ2n) is 6.71. The van der Waals surface area contributed by atoms with E-state index in [1.165, 1.54) is 0 Å². The van der Waals surface area contributed by atoms with Crippen LogP contribution in [0, 0.1) is 70.5 Å². The minimum absolute atomic E-state index is 0.701. The van der Waals surface area contributed by atoms with Gasteiger partial charge in [-0.15, -0.1) is 6.42 Å². The number of halogens is 10. The van der Waals surface area contributed by atoms with Crippen molar-refractivity contribution in [1.82, 2.24) is 5.32 Å². The van der Waals surface area contributed by atoms with Crippen LogP contribution in [0.25, 0.3) is 0 Å². The van der Waals surface area contributed by atoms with Gasteiger partial charge in [-0.05, 0) is 6.42 Å². The lowest BCUT2D eigenvalue weighted by atomic mass is 10.1. The molecule has 38 heavy (non-hydrogen) atoms. The van der Waals surface area contributed by atoms with Crippen molar-refractivity contribution in [1.29, 1.82) is 0 Å². The highest BCUT2D eigenvalue weighted by molar-refractivity contribution is 5.84. The second kappa shape index (κ2) is 12.2. The standard InChI is InChI=1S/C21H9F10NO6/c1-2-5-36-21(35)32-6(20(34)38-19-16(30)12(26)9(23)13(27)17(19)31)3-4-7(33)37-18-14(28)10(24)8(22)11(25)15(18)29/h1,6H,3-5H2,(H,32,35)/t6-/m0/s1. The van der Waals surface area contributed by atoms with Gasteiger partial charge in [-0.1, -0.05) is 5.92 Å². The van der Waals surface area contributed by atoms with E-state index >= 15 is 0 Å². The molecule has 1 atom stereocenters. The number of terminal acetylenes is 1. The SMILES string of the molecule is C#CCOC(=O)N[C@@H](CCC(=O)Oc1c(F)c(F)c(F)c(F)c1F)C(=O)Oc1c(F)c(F)c(F)c(F)c1F. The van der Waals surface area contributed by atoms with Gasteiger partial charge in [-0.2, -0.15) is 17.6 Å². The number of esters is 2. The number of rotatable bonds is 8. The van der Waals surface area contributed by atoms with Gasteiger partial charge in [0.2, 0.25) is 69.7 Å². The first kappa shape index (κ1) is 29.7. The zero-order valence-corrected chi connectivity index (χ0v) is 18.0. The molecule has 7 nitrogen and oxygen atoms in total. The summed E-state index contributed by atoms with van der Waals surface area (Å²) in [5.74, 6) is -31.4. The molecular formula is C21H9F10NO6. The van der Waals surface area contributed by atoms with E-state index in [1.807, 2.05) is 5.92 Å². The number of amides is 1. The zero-order chi connectivity index (χ0) is 28.9. The molecular weight excluding hydrogens is 552 g/mol. The van der Waals surface area contributed by atoms with Crippen molar-refractivity contribution < 1.29 is 72.5 Å². The van der Waals surface area contributed by atoms with Gasteiger partial charge in [-0.3, -0.25) is 4.79 Å². The number of alkyl carbamates (subject to hydrolysis) is 1. The molecule has 0 heterocycles. The first-order valence-corrected chi connectivity index (χ1v) is 9.54. The van der Waals surface area contributed by atoms with Crippen LogP contribution in [0.2, 0.25) is 0 Å². The predicted molar refractivity (Wildman–Crippen MR) is 100 cm³/mol. The van der Waals surface area contributed by atoms with Gasteiger partial charge in [0.25, 0.3) is 0 Å². The molecule has 1 N–H and O–H groups in total. The maximum Gasteiger partial charge on any atom is 0.408 e. The van der Waals surface area contributed by atoms with Gasteiger partial charge < -0.3 is 19.5 Å². The maximum absolute atomic E-state index is 13.8. The van der Waals surface area contributed by atoms with E-state index in [9.17, 15) is 58.3 Å². The van der Waals surface area contributed by atoms with E-state index in [0.29, 0.717) is 0 Å². The van der Waals surface area contributed by atoms with Gasteiger partial charge in [0.1, 0.15) is 6.04 Å². The topological polar surface area (TPSA) is 90.9 Å². The highest BCUT2D eigenvalue weighted by atomic mass is 19.2. The van der Waals surface area contributed by atoms with Crippen LogP contribution in [0.4, 0.5) is 48.7 Å². The lowest BCUT2D eigenvalue weighted by molar-refractivity contribution is -0.138. The van der Waals surface area contributed by atoms with Gasteiger partial charge in [0.15, 0.2) is 6.61 Å². The Hall–Kier alpha value is -4.49. The third-order valence-electron chi connectivity index (χ3n) is 4.26. The van der Waals surface area contributed by atoms with E-state index in [2.05, 4.69) is 14.2 Å². The third kappa shape index (κ3) is 6.25. The molecule has 0 aliphatic rings. The fraction of sp³-hybridized carbons (Fsp3) is 0.190. The summed E-state index contributed by atoms with van der Waals surface area (Å²) < 4.78 is 147. The molecule has 2 aromatic carbocycles. The van der Waals surface area contributed by atoms with E-state index in [-0.39, 0.29) is 0 Å². The number of hydrogen-bond donors (Lipinski definition) is 1. The Morgan fingerprint density at radius 2 is 1.08 bits per heavy atom. The quantitative estimate of drug-likeness (QED) is 0.130. The Bertz CT molecular complexity index is 1290. The zero-order valence-electron chi connectivity index (χ0n) is 18.0. The molecule has 204 valence electrons. The average Bonchev–Trinajstić information content (AvgIpc) is 2.89. The summed E-state index contributed by atoms with van der Waals surface area (Å²) in [4.78, 5) is 35.9. The molecule has 0 unspecified atom stereocenters. The average molecular weight is 561 g/mol. The molecule has 0 radical (unpaired) electrons. The highest BCUT2D eigenvalue weighted by Crippen LogP contribution is 2.31. The van der Waals surface area contributed by atoms with Gasteiger partial charge in [0, 0.05) is 6.42 Å². The van der Waals surface area contributed by atoms with Gasteiger partial charge in [-0.25, -0.2) is 35.9 Å². The van der Waals surface area contributed by atoms with Crippen molar-refractivity contribution in [2.75, 3.05) is 6.61 Å². The minimum atomic E-state index is -2.59. The molecule has 0 bridgehead atoms. The molecule has 0 aromatic heterocycles. The molecule has 0 spiro atoms. The first-order chi connectivity index (χ1) is 17.7. The van der Waals surface area contributed by atoms with Crippen LogP contribution in [0.3, 0.4) is 0 Å². The Labute approximate surface area is 204 Å². The van der Waals surface area contributed by atoms with Crippen molar-refractivity contribution >= 4 is 18.0 Å². The number of nitrogens with one attached hydrogen (secondary N) is 1. The van der Waals surface area contributed by atoms with E-state index in [1.54, 1.807) is 5.32 Å². The summed E-state index contributed by atoms with van der Waals surface area (Å²) in [7, 11) is 0. The summed E-state index contributed by atoms with van der Waals surface area (Å²) in [6.45, 7) is -0.701. The fourth-order valence-electron chi connectivity index (χ4n) is 2.49. The number of ether oxygens (including phenoxy) is 3. The van der Waals surface area contributed by atoms with Crippen molar-refractivity contribution in [2.24, 2.45) is 0 Å². The van der Waals surface area contributed by atoms with Crippen molar-refractivity contribution in [2.45, 2.75) is 18.9 Å². The molecule has 17 heteroatoms. The predicted octanol–water partition coefficient (Wildman–Crippen LogP) is 4.10. The summed E-state index contributed by atoms with van der Waals surface area (Å²) in [6, 6.07) is -2.22. The maximum atomic E-state index is 13.8. The molecule has 0 aliphatic heterocycles. The van der Waals surface area contributed by atoms with Crippen molar-refractivity contribution in [3.05, 3.63) is 58.2 Å². The lowest BCUT2D eigenvalue weighted by Crippen LogP contribution is -2.44. The van der Waals surface area contributed by atoms with Crippen LogP contribution >= 0.6 is 0 Å². The van der Waals surface area contributed by atoms with Crippen LogP contribution in [0.5, 0.6) is 11.5 Å². The van der Waals surface area contributed by atoms with Crippen molar-refractivity contribution in [3.8, 4) is 23.8 Å². The van der Waals surface area contributed by atoms with E-state index in [4.69, 9.17) is 6.42 Å². The van der Waals surface area contributed by atoms with Crippen molar-refractivity contribution in [3.63, 3.8) is 0 Å². The van der Waals surface area contributed by atoms with Crippen LogP contribution in [0.1, 0.15) is 12.8 Å². The fourth-order valence-corrected chi connectivity index (χ4v) is 2.49. The van der Waals surface area contributed by atoms with Crippen LogP contribution in [-0.4, -0.2) is 30.7 Å². The molecule has 0 saturated heterocycles. The minimum Gasteiger partial charge on any atom is -0.436 e. The monoisotopic (exact) mass is 561 g/mol. The smallest absolute Gasteiger partial charge is 0.408 e. The van der Waals surface area contributed by atoms with Crippen LogP contribution in [0.15, 0.2) is 0 Å². The largest absolute Gasteiger partial charge is 0.436 e. The molecule has 2 rings (SSSR count). The lowest BCUT2D eigenvalue weighted by Gasteiger charge is -2.17. The van der Waals surface area contributed by atoms with Crippen LogP contribution < -0.4 is 14.8 Å². The number of carbonyl (C=O) groups is 3. The summed E-state index contributed by atoms with van der Waals surface area (Å²) in [5, 5.41) is 1.66. The Balaban J connectivity index is 2.27. The first-order valence-electron chi connectivity index (χ1n) is 9.54. The number of benzene rings is 2. The number of hydrogen-bond acceptors (Lipinski definition) is 6. The second-order valence-corrected chi connectivity index (χ2v) is 6.71. The van der Waals surface area contributed by atoms with E-state index in [0.717, 1.165) is 0 Å². The molecule has 2 aromatic rings. The normalized spacial score (nSPS) is 11.4. The Morgan fingerprint density at radius 3 is 1.50 bits per heavy atom. The van der Waals surface area contributed by atoms with Gasteiger partial charge in [0.05, 0.1) is 0 Å². The van der Waals surface area contributed by atoms with E-state index < -0.39 is 113 Å². The summed E-state index contributed by atoms with van der Waals surface area (Å²) >= 11 is 0. The Kier molecular flexibility index (Phi) is 9.52. The molecule has 1 amide bonds. The summed E-state index contributed by atoms with van der Waals surface area (Å²) in [5.41, 5.74) is 0. The number of carbonyl (C=O) groups excluding carboxylic acids is 3. The molecule has 0 saturated carbocycles. The Morgan fingerprint density at radius 1 is 0.684 bits per heavy atom. The summed E-state index contributed by atoms with van der Waals surface area (Å²) in [6.07, 6.45) is 1.04. The van der Waals surface area contributed by atoms with Crippen LogP contribution in [-0.2, 0) is 14.3 Å². The molecule has 0 fully saturated rings. The molecule has 0 aliphatic carbocycles. The van der Waals surface area contributed by atoms with Gasteiger partial charge >= 0.3 is 18.0 Å². The highest BCUT2D eigenvalue weighted by Gasteiger charge is 2.33.